The van der Waals surface area contributed by atoms with Gasteiger partial charge in [0.15, 0.2) is 0 Å². The molecule has 0 aliphatic rings. The van der Waals surface area contributed by atoms with Crippen molar-refractivity contribution >= 4 is 16.7 Å². The molecule has 0 radical (unpaired) electrons. The first-order valence-corrected chi connectivity index (χ1v) is 4.81. The molecule has 1 heterocycles. The fourth-order valence-corrected chi connectivity index (χ4v) is 1.81. The Morgan fingerprint density at radius 2 is 1.87 bits per heavy atom. The molecule has 0 fully saturated rings. The molecular weight excluding hydrogens is 190 g/mol. The molecule has 0 amide bonds. The highest BCUT2D eigenvalue weighted by Gasteiger charge is 2.11. The second kappa shape index (κ2) is 3.42. The third kappa shape index (κ3) is 1.50. The summed E-state index contributed by atoms with van der Waals surface area (Å²) in [6.07, 6.45) is 0. The average Bonchev–Trinajstić information content (AvgIpc) is 2.17. The number of benzene rings is 1. The molecule has 15 heavy (non-hydrogen) atoms. The van der Waals surface area contributed by atoms with Crippen LogP contribution >= 0.6 is 0 Å². The zero-order chi connectivity index (χ0) is 11.0. The van der Waals surface area contributed by atoms with Gasteiger partial charge in [0.25, 0.3) is 0 Å². The second-order valence-electron chi connectivity index (χ2n) is 3.75. The van der Waals surface area contributed by atoms with E-state index in [1.54, 1.807) is 4.90 Å². The summed E-state index contributed by atoms with van der Waals surface area (Å²) in [6, 6.07) is 7.57. The quantitative estimate of drug-likeness (QED) is 0.666. The van der Waals surface area contributed by atoms with Gasteiger partial charge in [-0.15, -0.1) is 0 Å². The van der Waals surface area contributed by atoms with Crippen molar-refractivity contribution < 1.29 is 4.42 Å². The van der Waals surface area contributed by atoms with Gasteiger partial charge in [-0.05, 0) is 18.6 Å². The number of para-hydroxylation sites is 1. The summed E-state index contributed by atoms with van der Waals surface area (Å²) in [4.78, 5) is 13.5. The maximum Gasteiger partial charge on any atom is 0.360 e. The molecule has 0 unspecified atom stereocenters. The number of anilines is 1. The number of rotatable bonds is 1. The van der Waals surface area contributed by atoms with E-state index in [0.717, 1.165) is 10.9 Å². The lowest BCUT2D eigenvalue weighted by Gasteiger charge is -2.14. The van der Waals surface area contributed by atoms with E-state index in [1.165, 1.54) is 0 Å². The van der Waals surface area contributed by atoms with Gasteiger partial charge in [-0.2, -0.15) is 0 Å². The molecule has 0 bridgehead atoms. The Balaban J connectivity index is 2.90. The van der Waals surface area contributed by atoms with Crippen molar-refractivity contribution in [1.29, 1.82) is 0 Å². The fraction of sp³-hybridized carbons (Fsp3) is 0.250. The first-order chi connectivity index (χ1) is 7.11. The first-order valence-electron chi connectivity index (χ1n) is 4.81. The van der Waals surface area contributed by atoms with Gasteiger partial charge in [0.2, 0.25) is 0 Å². The first kappa shape index (κ1) is 9.77. The molecule has 0 saturated heterocycles. The van der Waals surface area contributed by atoms with Gasteiger partial charge < -0.3 is 9.32 Å². The van der Waals surface area contributed by atoms with Crippen molar-refractivity contribution in [1.82, 2.24) is 0 Å². The van der Waals surface area contributed by atoms with Crippen LogP contribution < -0.4 is 10.5 Å². The van der Waals surface area contributed by atoms with Crippen molar-refractivity contribution in [2.75, 3.05) is 19.0 Å². The minimum Gasteiger partial charge on any atom is -0.421 e. The third-order valence-corrected chi connectivity index (χ3v) is 2.49. The third-order valence-electron chi connectivity index (χ3n) is 2.49. The van der Waals surface area contributed by atoms with Crippen LogP contribution in [0.1, 0.15) is 5.56 Å². The molecule has 2 rings (SSSR count). The van der Waals surface area contributed by atoms with E-state index in [2.05, 4.69) is 0 Å². The molecule has 78 valence electrons. The van der Waals surface area contributed by atoms with E-state index in [1.807, 2.05) is 45.3 Å². The van der Waals surface area contributed by atoms with E-state index in [4.69, 9.17) is 4.42 Å². The Bertz CT molecular complexity index is 555. The largest absolute Gasteiger partial charge is 0.421 e. The van der Waals surface area contributed by atoms with E-state index in [0.29, 0.717) is 11.3 Å². The zero-order valence-corrected chi connectivity index (χ0v) is 9.07. The van der Waals surface area contributed by atoms with Gasteiger partial charge in [0.1, 0.15) is 11.3 Å². The Labute approximate surface area is 87.9 Å². The number of hydrogen-bond acceptors (Lipinski definition) is 3. The number of fused-ring (bicyclic) bond motifs is 1. The van der Waals surface area contributed by atoms with Crippen LogP contribution in [0.3, 0.4) is 0 Å². The summed E-state index contributed by atoms with van der Waals surface area (Å²) in [5.74, 6) is 0. The minimum atomic E-state index is -0.281. The van der Waals surface area contributed by atoms with Gasteiger partial charge in [0.05, 0.1) is 0 Å². The van der Waals surface area contributed by atoms with Crippen LogP contribution in [0.15, 0.2) is 33.5 Å². The molecule has 0 N–H and O–H groups in total. The maximum atomic E-state index is 11.7. The second-order valence-corrected chi connectivity index (χ2v) is 3.75. The Morgan fingerprint density at radius 3 is 2.53 bits per heavy atom. The molecule has 3 heteroatoms. The summed E-state index contributed by atoms with van der Waals surface area (Å²) in [6.45, 7) is 1.94. The standard InChI is InChI=1S/C12H13NO2/c1-8-9-6-4-5-7-10(9)15-12(14)11(8)13(2)3/h4-7H,1-3H3. The van der Waals surface area contributed by atoms with Crippen LogP contribution in [-0.4, -0.2) is 14.1 Å². The number of aryl methyl sites for hydroxylation is 1. The number of hydrogen-bond donors (Lipinski definition) is 0. The lowest BCUT2D eigenvalue weighted by Crippen LogP contribution is -2.19. The van der Waals surface area contributed by atoms with Crippen LogP contribution in [-0.2, 0) is 0 Å². The van der Waals surface area contributed by atoms with E-state index >= 15 is 0 Å². The smallest absolute Gasteiger partial charge is 0.360 e. The zero-order valence-electron chi connectivity index (χ0n) is 9.07. The molecular formula is C12H13NO2. The highest BCUT2D eigenvalue weighted by atomic mass is 16.4. The predicted molar refractivity (Wildman–Crippen MR) is 61.5 cm³/mol. The molecule has 3 nitrogen and oxygen atoms in total. The van der Waals surface area contributed by atoms with Gasteiger partial charge in [0, 0.05) is 19.5 Å². The molecule has 2 aromatic rings. The Hall–Kier alpha value is -1.77. The fourth-order valence-electron chi connectivity index (χ4n) is 1.81. The van der Waals surface area contributed by atoms with Crippen molar-refractivity contribution in [3.63, 3.8) is 0 Å². The highest BCUT2D eigenvalue weighted by Crippen LogP contribution is 2.22. The minimum absolute atomic E-state index is 0.281. The summed E-state index contributed by atoms with van der Waals surface area (Å²) < 4.78 is 5.24. The van der Waals surface area contributed by atoms with Gasteiger partial charge >= 0.3 is 5.63 Å². The number of nitrogens with zero attached hydrogens (tertiary/aromatic N) is 1. The van der Waals surface area contributed by atoms with Crippen molar-refractivity contribution in [2.24, 2.45) is 0 Å². The summed E-state index contributed by atoms with van der Waals surface area (Å²) in [5.41, 5.74) is 1.95. The normalized spacial score (nSPS) is 10.6. The Kier molecular flexibility index (Phi) is 2.23. The van der Waals surface area contributed by atoms with Crippen molar-refractivity contribution in [3.8, 4) is 0 Å². The van der Waals surface area contributed by atoms with E-state index in [-0.39, 0.29) is 5.63 Å². The van der Waals surface area contributed by atoms with Crippen LogP contribution in [0, 0.1) is 6.92 Å². The van der Waals surface area contributed by atoms with Crippen LogP contribution in [0.4, 0.5) is 5.69 Å². The van der Waals surface area contributed by atoms with Gasteiger partial charge in [-0.3, -0.25) is 0 Å². The monoisotopic (exact) mass is 203 g/mol. The molecule has 1 aromatic heterocycles. The van der Waals surface area contributed by atoms with Crippen LogP contribution in [0.5, 0.6) is 0 Å². The van der Waals surface area contributed by atoms with Crippen LogP contribution in [0.25, 0.3) is 11.0 Å². The van der Waals surface area contributed by atoms with Crippen molar-refractivity contribution in [2.45, 2.75) is 6.92 Å². The van der Waals surface area contributed by atoms with Gasteiger partial charge in [-0.25, -0.2) is 4.79 Å². The summed E-state index contributed by atoms with van der Waals surface area (Å²) in [5, 5.41) is 0.987. The lowest BCUT2D eigenvalue weighted by atomic mass is 10.1. The predicted octanol–water partition coefficient (Wildman–Crippen LogP) is 2.17. The van der Waals surface area contributed by atoms with Crippen LogP contribution in [0.2, 0.25) is 0 Å². The van der Waals surface area contributed by atoms with Crippen molar-refractivity contribution in [3.05, 3.63) is 40.2 Å². The molecule has 0 saturated carbocycles. The summed E-state index contributed by atoms with van der Waals surface area (Å²) in [7, 11) is 3.68. The molecule has 1 aromatic carbocycles. The topological polar surface area (TPSA) is 33.5 Å². The average molecular weight is 203 g/mol. The maximum absolute atomic E-state index is 11.7. The summed E-state index contributed by atoms with van der Waals surface area (Å²) >= 11 is 0. The lowest BCUT2D eigenvalue weighted by molar-refractivity contribution is 0.559. The highest BCUT2D eigenvalue weighted by molar-refractivity contribution is 5.84. The van der Waals surface area contributed by atoms with E-state index in [9.17, 15) is 4.79 Å². The molecule has 0 aliphatic heterocycles. The van der Waals surface area contributed by atoms with Gasteiger partial charge in [-0.1, -0.05) is 18.2 Å². The Morgan fingerprint density at radius 1 is 1.20 bits per heavy atom. The molecule has 0 spiro atoms. The molecule has 0 atom stereocenters. The van der Waals surface area contributed by atoms with E-state index < -0.39 is 0 Å². The SMILES string of the molecule is Cc1c(N(C)C)c(=O)oc2ccccc12. The molecule has 0 aliphatic carbocycles.